The van der Waals surface area contributed by atoms with E-state index in [1.807, 2.05) is 13.8 Å². The second-order valence-corrected chi connectivity index (χ2v) is 10.2. The van der Waals surface area contributed by atoms with E-state index in [9.17, 15) is 16.8 Å². The van der Waals surface area contributed by atoms with Crippen LogP contribution in [0.1, 0.15) is 11.1 Å². The predicted octanol–water partition coefficient (Wildman–Crippen LogP) is 2.42. The van der Waals surface area contributed by atoms with Gasteiger partial charge in [0.15, 0.2) is 18.2 Å². The molecule has 0 aliphatic carbocycles. The van der Waals surface area contributed by atoms with Gasteiger partial charge in [0.2, 0.25) is 0 Å². The molecule has 1 fully saturated rings. The van der Waals surface area contributed by atoms with E-state index in [1.54, 1.807) is 24.3 Å². The minimum absolute atomic E-state index is 0.0612. The maximum Gasteiger partial charge on any atom is 0.338 e. The number of benzene rings is 2. The largest absolute Gasteiger partial charge is 0.381 e. The summed E-state index contributed by atoms with van der Waals surface area (Å²) >= 11 is 0. The number of rotatable bonds is 6. The molecule has 0 N–H and O–H groups in total. The number of ether oxygens (including phenoxy) is 2. The van der Waals surface area contributed by atoms with Gasteiger partial charge in [0, 0.05) is 0 Å². The molecule has 0 unspecified atom stereocenters. The standard InChI is InChI=1S/C20H20O8S2/c1-13-3-7-16(8-4-13)29(21,22)27-18-11-15-12-25-20(26-15)19(18)28-30(23,24)17-9-5-14(2)6-10-17/h3-11,15,19-20H,12H2,1-2H3/t15-,19-,20+/m1/s1. The molecule has 160 valence electrons. The first-order valence-corrected chi connectivity index (χ1v) is 12.0. The maximum absolute atomic E-state index is 12.7. The summed E-state index contributed by atoms with van der Waals surface area (Å²) in [4.78, 5) is -0.136. The van der Waals surface area contributed by atoms with Crippen molar-refractivity contribution in [1.82, 2.24) is 0 Å². The van der Waals surface area contributed by atoms with Crippen LogP contribution in [-0.4, -0.2) is 41.9 Å². The van der Waals surface area contributed by atoms with Gasteiger partial charge in [0.05, 0.1) is 11.5 Å². The van der Waals surface area contributed by atoms with Gasteiger partial charge in [-0.1, -0.05) is 35.4 Å². The van der Waals surface area contributed by atoms with Gasteiger partial charge in [-0.05, 0) is 44.2 Å². The molecule has 2 aliphatic heterocycles. The molecule has 0 aromatic heterocycles. The minimum atomic E-state index is -4.24. The SMILES string of the molecule is Cc1ccc(S(=O)(=O)OC2=C[C@@H]3CO[C@@H](O3)[C@@H]2OS(=O)(=O)c2ccc(C)cc2)cc1. The molecule has 1 saturated heterocycles. The zero-order valence-corrected chi connectivity index (χ0v) is 17.9. The maximum atomic E-state index is 12.7. The third-order valence-electron chi connectivity index (χ3n) is 4.67. The molecule has 3 atom stereocenters. The highest BCUT2D eigenvalue weighted by atomic mass is 32.2. The van der Waals surface area contributed by atoms with Crippen LogP contribution in [0.2, 0.25) is 0 Å². The van der Waals surface area contributed by atoms with Gasteiger partial charge in [0.1, 0.15) is 11.0 Å². The highest BCUT2D eigenvalue weighted by Crippen LogP contribution is 2.34. The quantitative estimate of drug-likeness (QED) is 0.616. The van der Waals surface area contributed by atoms with E-state index in [2.05, 4.69) is 0 Å². The second kappa shape index (κ2) is 7.78. The summed E-state index contributed by atoms with van der Waals surface area (Å²) in [7, 11) is -8.44. The minimum Gasteiger partial charge on any atom is -0.381 e. The molecule has 30 heavy (non-hydrogen) atoms. The Labute approximate surface area is 175 Å². The van der Waals surface area contributed by atoms with Crippen LogP contribution >= 0.6 is 0 Å². The van der Waals surface area contributed by atoms with Gasteiger partial charge in [-0.25, -0.2) is 4.18 Å². The van der Waals surface area contributed by atoms with Crippen molar-refractivity contribution in [2.45, 2.75) is 42.1 Å². The average Bonchev–Trinajstić information content (AvgIpc) is 3.08. The lowest BCUT2D eigenvalue weighted by molar-refractivity contribution is -0.119. The van der Waals surface area contributed by atoms with E-state index in [4.69, 9.17) is 17.8 Å². The zero-order chi connectivity index (χ0) is 21.5. The van der Waals surface area contributed by atoms with Crippen LogP contribution < -0.4 is 0 Å². The second-order valence-electron chi connectivity index (χ2n) is 7.08. The van der Waals surface area contributed by atoms with Crippen molar-refractivity contribution in [1.29, 1.82) is 0 Å². The number of hydrogen-bond donors (Lipinski definition) is 0. The van der Waals surface area contributed by atoms with Gasteiger partial charge in [-0.15, -0.1) is 0 Å². The van der Waals surface area contributed by atoms with E-state index in [1.165, 1.54) is 30.3 Å². The molecule has 0 spiro atoms. The van der Waals surface area contributed by atoms with Gasteiger partial charge >= 0.3 is 10.1 Å². The molecule has 2 aliphatic rings. The Morgan fingerprint density at radius 2 is 1.37 bits per heavy atom. The Hall–Kier alpha value is -2.24. The third kappa shape index (κ3) is 4.28. The molecule has 0 radical (unpaired) electrons. The molecule has 2 aromatic rings. The molecular formula is C20H20O8S2. The van der Waals surface area contributed by atoms with Crippen molar-refractivity contribution in [3.63, 3.8) is 0 Å². The normalized spacial score (nSPS) is 23.8. The van der Waals surface area contributed by atoms with Crippen LogP contribution in [0, 0.1) is 13.8 Å². The highest BCUT2D eigenvalue weighted by molar-refractivity contribution is 7.87. The van der Waals surface area contributed by atoms with Crippen LogP contribution in [0.3, 0.4) is 0 Å². The fourth-order valence-electron chi connectivity index (χ4n) is 3.04. The molecule has 10 heteroatoms. The molecule has 8 nitrogen and oxygen atoms in total. The molecule has 4 rings (SSSR count). The van der Waals surface area contributed by atoms with Gasteiger partial charge in [-0.3, -0.25) is 0 Å². The molecular weight excluding hydrogens is 432 g/mol. The Kier molecular flexibility index (Phi) is 5.45. The van der Waals surface area contributed by atoms with Crippen molar-refractivity contribution in [2.75, 3.05) is 6.61 Å². The average molecular weight is 453 g/mol. The lowest BCUT2D eigenvalue weighted by atomic mass is 10.2. The smallest absolute Gasteiger partial charge is 0.338 e. The molecule has 2 bridgehead atoms. The van der Waals surface area contributed by atoms with Crippen LogP contribution in [0.15, 0.2) is 70.2 Å². The summed E-state index contributed by atoms with van der Waals surface area (Å²) in [6.07, 6.45) is -1.70. The fourth-order valence-corrected chi connectivity index (χ4v) is 5.05. The van der Waals surface area contributed by atoms with Crippen molar-refractivity contribution in [3.8, 4) is 0 Å². The van der Waals surface area contributed by atoms with Gasteiger partial charge in [-0.2, -0.15) is 16.8 Å². The third-order valence-corrected chi connectivity index (χ3v) is 7.24. The summed E-state index contributed by atoms with van der Waals surface area (Å²) in [5.41, 5.74) is 1.76. The van der Waals surface area contributed by atoms with E-state index >= 15 is 0 Å². The summed E-state index contributed by atoms with van der Waals surface area (Å²) in [6, 6.07) is 12.2. The lowest BCUT2D eigenvalue weighted by Gasteiger charge is -2.27. The predicted molar refractivity (Wildman–Crippen MR) is 105 cm³/mol. The summed E-state index contributed by atoms with van der Waals surface area (Å²) < 4.78 is 72.4. The van der Waals surface area contributed by atoms with E-state index in [0.717, 1.165) is 11.1 Å². The van der Waals surface area contributed by atoms with Crippen molar-refractivity contribution in [2.24, 2.45) is 0 Å². The number of aryl methyl sites for hydroxylation is 2. The van der Waals surface area contributed by atoms with Crippen molar-refractivity contribution >= 4 is 20.2 Å². The Balaban J connectivity index is 1.63. The lowest BCUT2D eigenvalue weighted by Crippen LogP contribution is -2.38. The topological polar surface area (TPSA) is 105 Å². The number of hydrogen-bond acceptors (Lipinski definition) is 8. The number of fused-ring (bicyclic) bond motifs is 2. The Morgan fingerprint density at radius 3 is 1.93 bits per heavy atom. The first-order chi connectivity index (χ1) is 14.1. The van der Waals surface area contributed by atoms with E-state index in [-0.39, 0.29) is 22.2 Å². The van der Waals surface area contributed by atoms with Crippen LogP contribution in [0.5, 0.6) is 0 Å². The van der Waals surface area contributed by atoms with Gasteiger partial charge < -0.3 is 13.7 Å². The Morgan fingerprint density at radius 1 is 0.833 bits per heavy atom. The first-order valence-electron chi connectivity index (χ1n) is 9.14. The van der Waals surface area contributed by atoms with Crippen LogP contribution in [0.25, 0.3) is 0 Å². The van der Waals surface area contributed by atoms with E-state index < -0.39 is 38.7 Å². The van der Waals surface area contributed by atoms with Crippen LogP contribution in [0.4, 0.5) is 0 Å². The zero-order valence-electron chi connectivity index (χ0n) is 16.2. The Bertz CT molecular complexity index is 1170. The van der Waals surface area contributed by atoms with E-state index in [0.29, 0.717) is 0 Å². The highest BCUT2D eigenvalue weighted by Gasteiger charge is 2.45. The summed E-state index contributed by atoms with van der Waals surface area (Å²) in [6.45, 7) is 3.78. The monoisotopic (exact) mass is 452 g/mol. The van der Waals surface area contributed by atoms with Crippen molar-refractivity contribution in [3.05, 3.63) is 71.5 Å². The first kappa shape index (κ1) is 21.0. The summed E-state index contributed by atoms with van der Waals surface area (Å²) in [5, 5.41) is 0. The fraction of sp³-hybridized carbons (Fsp3) is 0.300. The van der Waals surface area contributed by atoms with Crippen LogP contribution in [-0.2, 0) is 38.1 Å². The molecule has 2 aromatic carbocycles. The summed E-state index contributed by atoms with van der Waals surface area (Å²) in [5.74, 6) is -0.190. The molecule has 2 heterocycles. The van der Waals surface area contributed by atoms with Gasteiger partial charge in [0.25, 0.3) is 10.1 Å². The molecule has 0 amide bonds. The van der Waals surface area contributed by atoms with Crippen molar-refractivity contribution < 1.29 is 34.7 Å². The molecule has 0 saturated carbocycles.